The lowest BCUT2D eigenvalue weighted by atomic mass is 9.78. The van der Waals surface area contributed by atoms with E-state index in [9.17, 15) is 0 Å². The summed E-state index contributed by atoms with van der Waals surface area (Å²) in [6.45, 7) is 49.7. The molecule has 0 saturated heterocycles. The Morgan fingerprint density at radius 3 is 0.958 bits per heavy atom. The normalized spacial score (nSPS) is 34.1. The van der Waals surface area contributed by atoms with Gasteiger partial charge in [0, 0.05) is 0 Å². The van der Waals surface area contributed by atoms with Crippen LogP contribution in [0.5, 0.6) is 0 Å². The summed E-state index contributed by atoms with van der Waals surface area (Å²) in [5.41, 5.74) is 2.80. The Balaban J connectivity index is 0.000000273. The molecular formula is C96H188. The molecule has 0 N–H and O–H groups in total. The third-order valence-corrected chi connectivity index (χ3v) is 30.6. The molecule has 0 aliphatic heterocycles. The second-order valence-corrected chi connectivity index (χ2v) is 40.6. The summed E-state index contributed by atoms with van der Waals surface area (Å²) in [4.78, 5) is 0. The fraction of sp³-hybridized carbons (Fsp3) is 1.00. The molecule has 14 saturated carbocycles. The molecule has 572 valence electrons. The number of rotatable bonds is 6. The highest BCUT2D eigenvalue weighted by atomic mass is 14.4. The molecule has 0 heteroatoms. The van der Waals surface area contributed by atoms with Gasteiger partial charge in [0.2, 0.25) is 0 Å². The Kier molecular flexibility index (Phi) is 47.4. The minimum Gasteiger partial charge on any atom is -0.0654 e. The Labute approximate surface area is 610 Å². The molecule has 0 amide bonds. The molecule has 96 heavy (non-hydrogen) atoms. The van der Waals surface area contributed by atoms with E-state index < -0.39 is 0 Å². The van der Waals surface area contributed by atoms with Crippen LogP contribution >= 0.6 is 0 Å². The van der Waals surface area contributed by atoms with Gasteiger partial charge >= 0.3 is 0 Å². The van der Waals surface area contributed by atoms with Gasteiger partial charge in [-0.15, -0.1) is 0 Å². The molecule has 14 aliphatic rings. The van der Waals surface area contributed by atoms with Crippen LogP contribution in [0.1, 0.15) is 492 Å². The van der Waals surface area contributed by atoms with Crippen molar-refractivity contribution < 1.29 is 0 Å². The van der Waals surface area contributed by atoms with E-state index in [1.807, 2.05) is 0 Å². The van der Waals surface area contributed by atoms with Crippen molar-refractivity contribution in [1.29, 1.82) is 0 Å². The van der Waals surface area contributed by atoms with Crippen LogP contribution in [0.3, 0.4) is 0 Å². The van der Waals surface area contributed by atoms with Crippen LogP contribution in [0.2, 0.25) is 0 Å². The first-order valence-electron chi connectivity index (χ1n) is 45.7. The quantitative estimate of drug-likeness (QED) is 0.249. The van der Waals surface area contributed by atoms with Gasteiger partial charge in [0.05, 0.1) is 0 Å². The summed E-state index contributed by atoms with van der Waals surface area (Å²) in [6, 6.07) is 0. The van der Waals surface area contributed by atoms with Crippen LogP contribution < -0.4 is 0 Å². The average molecular weight is 1340 g/mol. The Morgan fingerprint density at radius 1 is 0.312 bits per heavy atom. The molecule has 0 spiro atoms. The molecule has 4 bridgehead atoms. The van der Waals surface area contributed by atoms with E-state index >= 15 is 0 Å². The SMILES string of the molecule is CC(C)C1CCCC1.CC1(C)CCCCC1.CC1C2CCC1CC2.CC1CCC(C)CC1.CC1CCCC[C@H]1C.CC1CCC[C@@H](C)C1.CCC1(C)CCCC1.CCC1(C)CCCC1.CCC1CCCCC1.CCCC1CCCC1.C[C@H]1CC2CCC1C2.C[C@H]1CCCC1(C)C. The van der Waals surface area contributed by atoms with Gasteiger partial charge in [-0.2, -0.15) is 0 Å². The van der Waals surface area contributed by atoms with E-state index in [2.05, 4.69) is 145 Å². The van der Waals surface area contributed by atoms with Crippen molar-refractivity contribution in [2.45, 2.75) is 492 Å². The Bertz CT molecular complexity index is 1660. The third-order valence-electron chi connectivity index (χ3n) is 30.6. The maximum absolute atomic E-state index is 2.44. The van der Waals surface area contributed by atoms with E-state index in [-0.39, 0.29) is 0 Å². The minimum absolute atomic E-state index is 0.653. The van der Waals surface area contributed by atoms with Crippen LogP contribution in [0.15, 0.2) is 0 Å². The average Bonchev–Trinajstić information content (AvgIpc) is 1.72. The summed E-state index contributed by atoms with van der Waals surface area (Å²) in [6.07, 6.45) is 80.2. The molecular weight excluding hydrogens is 1150 g/mol. The number of hydrogen-bond acceptors (Lipinski definition) is 0. The number of fused-ring (bicyclic) bond motifs is 4. The predicted octanol–water partition coefficient (Wildman–Crippen LogP) is 33.9. The van der Waals surface area contributed by atoms with Crippen molar-refractivity contribution in [1.82, 2.24) is 0 Å². The van der Waals surface area contributed by atoms with E-state index in [0.717, 1.165) is 111 Å². The predicted molar refractivity (Wildman–Crippen MR) is 438 cm³/mol. The molecule has 4 unspecified atom stereocenters. The van der Waals surface area contributed by atoms with Crippen molar-refractivity contribution >= 4 is 0 Å². The molecule has 0 radical (unpaired) electrons. The fourth-order valence-electron chi connectivity index (χ4n) is 20.9. The molecule has 0 aromatic heterocycles. The van der Waals surface area contributed by atoms with Gasteiger partial charge in [0.1, 0.15) is 0 Å². The lowest BCUT2D eigenvalue weighted by molar-refractivity contribution is 0.244. The molecule has 14 aliphatic carbocycles. The van der Waals surface area contributed by atoms with Gasteiger partial charge in [-0.3, -0.25) is 0 Å². The minimum atomic E-state index is 0.653. The maximum Gasteiger partial charge on any atom is -0.0328 e. The van der Waals surface area contributed by atoms with E-state index in [0.29, 0.717) is 10.8 Å². The lowest BCUT2D eigenvalue weighted by Crippen LogP contribution is -2.14. The second kappa shape index (κ2) is 50.4. The van der Waals surface area contributed by atoms with Crippen LogP contribution in [0.25, 0.3) is 0 Å². The summed E-state index contributed by atoms with van der Waals surface area (Å²) >= 11 is 0. The molecule has 0 aromatic carbocycles. The summed E-state index contributed by atoms with van der Waals surface area (Å²) in [5, 5.41) is 0. The first kappa shape index (κ1) is 90.2. The van der Waals surface area contributed by atoms with Gasteiger partial charge in [-0.1, -0.05) is 396 Å². The summed E-state index contributed by atoms with van der Waals surface area (Å²) in [7, 11) is 0. The van der Waals surface area contributed by atoms with Crippen LogP contribution in [0, 0.1) is 122 Å². The van der Waals surface area contributed by atoms with Crippen molar-refractivity contribution in [2.24, 2.45) is 122 Å². The monoisotopic (exact) mass is 1340 g/mol. The highest BCUT2D eigenvalue weighted by Gasteiger charge is 2.39. The zero-order chi connectivity index (χ0) is 71.0. The summed E-state index contributed by atoms with van der Waals surface area (Å²) in [5.74, 6) is 18.0. The molecule has 0 heterocycles. The second-order valence-electron chi connectivity index (χ2n) is 40.6. The first-order chi connectivity index (χ1) is 45.7. The van der Waals surface area contributed by atoms with Gasteiger partial charge in [-0.25, -0.2) is 0 Å². The van der Waals surface area contributed by atoms with Crippen LogP contribution in [-0.4, -0.2) is 0 Å². The van der Waals surface area contributed by atoms with E-state index in [1.165, 1.54) is 295 Å². The van der Waals surface area contributed by atoms with Gasteiger partial charge in [0.25, 0.3) is 0 Å². The van der Waals surface area contributed by atoms with Crippen molar-refractivity contribution in [3.05, 3.63) is 0 Å². The Hall–Kier alpha value is 0. The van der Waals surface area contributed by atoms with Gasteiger partial charge in [-0.05, 0) is 219 Å². The van der Waals surface area contributed by atoms with Crippen molar-refractivity contribution in [2.75, 3.05) is 0 Å². The van der Waals surface area contributed by atoms with Crippen molar-refractivity contribution in [3.63, 3.8) is 0 Å². The largest absolute Gasteiger partial charge is 0.0654 e. The van der Waals surface area contributed by atoms with Crippen LogP contribution in [-0.2, 0) is 0 Å². The zero-order valence-electron chi connectivity index (χ0n) is 71.0. The number of hydrogen-bond donors (Lipinski definition) is 0. The zero-order valence-corrected chi connectivity index (χ0v) is 71.0. The first-order valence-corrected chi connectivity index (χ1v) is 45.7. The highest BCUT2D eigenvalue weighted by Crippen LogP contribution is 2.50. The van der Waals surface area contributed by atoms with Gasteiger partial charge < -0.3 is 0 Å². The topological polar surface area (TPSA) is 0 Å². The lowest BCUT2D eigenvalue weighted by Gasteiger charge is -2.28. The Morgan fingerprint density at radius 2 is 0.719 bits per heavy atom. The smallest absolute Gasteiger partial charge is 0.0328 e. The summed E-state index contributed by atoms with van der Waals surface area (Å²) < 4.78 is 0. The molecule has 14 rings (SSSR count). The fourth-order valence-corrected chi connectivity index (χ4v) is 20.9. The molecule has 0 aromatic rings. The maximum atomic E-state index is 2.44. The van der Waals surface area contributed by atoms with Gasteiger partial charge in [0.15, 0.2) is 0 Å². The van der Waals surface area contributed by atoms with Crippen molar-refractivity contribution in [3.8, 4) is 0 Å². The molecule has 14 fully saturated rings. The molecule has 0 nitrogen and oxygen atoms in total. The van der Waals surface area contributed by atoms with E-state index in [1.54, 1.807) is 51.4 Å². The highest BCUT2D eigenvalue weighted by molar-refractivity contribution is 4.89. The third kappa shape index (κ3) is 39.2. The molecule has 8 atom stereocenters. The standard InChI is InChI=1S/2C8H14.10C8H16/c1-6-4-7-2-3-8(6)5-7;1-6-7-2-3-8(6)5-4-7;1-7-5-4-6-8(7,2)3;1-7-3-5-8(2)6-4-7;1-7-4-3-5-8(2)6-7;1-8(2)6-4-3-5-7-8;1-7-5-3-4-6-8(7)2;1-7(2)8-5-3-4-6-8;2*1-3-8(2)6-4-5-7-8;1-2-8-6-4-3-5-7-8;1-2-5-8-6-3-4-7-8/h2*6-8H,2-5H2,1H3;7H,4-6H2,1-3H3;2*7-8H,3-6H2,1-2H3;3-7H2,1-2H3;2*7-8H,3-6H2,1-2H3;2*3-7H2,1-2H3;2*8H,2-7H2,1H3/t6-,7?,8?;;7-;;7-,8?;;7-,8?;;;;;/m0.0.1.1...../s1. The van der Waals surface area contributed by atoms with E-state index in [4.69, 9.17) is 0 Å². The van der Waals surface area contributed by atoms with Crippen LogP contribution in [0.4, 0.5) is 0 Å².